The van der Waals surface area contributed by atoms with Gasteiger partial charge >= 0.3 is 0 Å². The fourth-order valence-electron chi connectivity index (χ4n) is 4.84. The number of hydrogen-bond acceptors (Lipinski definition) is 6. The normalized spacial score (nSPS) is 17.6. The number of hydrogen-bond donors (Lipinski definition) is 1. The van der Waals surface area contributed by atoms with Crippen LogP contribution < -0.4 is 10.5 Å². The molecule has 0 spiro atoms. The van der Waals surface area contributed by atoms with E-state index in [0.717, 1.165) is 65.0 Å². The zero-order valence-electron chi connectivity index (χ0n) is 20.7. The van der Waals surface area contributed by atoms with Crippen molar-refractivity contribution in [3.63, 3.8) is 0 Å². The standard InChI is InChI=1S/C29H33N3O3/c1-32(2)15-16-34-22-12-9-20(10-13-22)28-26(19-7-5-4-6-8-19)27-23(17-21-11-14-25(21)33-3)24(30)18-31-29(27)35-28/h4-10,12-13,18,21,25H,11,14-17,30H2,1-3H3. The van der Waals surface area contributed by atoms with Crippen molar-refractivity contribution in [2.45, 2.75) is 25.4 Å². The van der Waals surface area contributed by atoms with E-state index in [1.165, 1.54) is 0 Å². The quantitative estimate of drug-likeness (QED) is 0.340. The first-order valence-corrected chi connectivity index (χ1v) is 12.2. The molecule has 1 aliphatic carbocycles. The Hall–Kier alpha value is -3.35. The molecule has 0 bridgehead atoms. The molecule has 0 aliphatic heterocycles. The molecule has 1 aliphatic rings. The van der Waals surface area contributed by atoms with Crippen LogP contribution in [-0.2, 0) is 11.2 Å². The van der Waals surface area contributed by atoms with Crippen LogP contribution in [0.3, 0.4) is 0 Å². The van der Waals surface area contributed by atoms with Crippen LogP contribution in [0.5, 0.6) is 5.75 Å². The molecule has 182 valence electrons. The van der Waals surface area contributed by atoms with Gasteiger partial charge in [-0.25, -0.2) is 4.98 Å². The van der Waals surface area contributed by atoms with Crippen LogP contribution in [0.15, 0.2) is 65.2 Å². The van der Waals surface area contributed by atoms with Crippen LogP contribution in [0.25, 0.3) is 33.6 Å². The average molecular weight is 472 g/mol. The lowest BCUT2D eigenvalue weighted by Gasteiger charge is -2.35. The van der Waals surface area contributed by atoms with Crippen molar-refractivity contribution < 1.29 is 13.9 Å². The summed E-state index contributed by atoms with van der Waals surface area (Å²) in [5.74, 6) is 2.09. The van der Waals surface area contributed by atoms with Gasteiger partial charge in [0.25, 0.3) is 0 Å². The van der Waals surface area contributed by atoms with E-state index in [-0.39, 0.29) is 6.10 Å². The Bertz CT molecular complexity index is 1280. The molecule has 5 rings (SSSR count). The summed E-state index contributed by atoms with van der Waals surface area (Å²) in [4.78, 5) is 6.69. The Morgan fingerprint density at radius 1 is 1.03 bits per heavy atom. The van der Waals surface area contributed by atoms with Crippen molar-refractivity contribution in [3.05, 3.63) is 66.4 Å². The van der Waals surface area contributed by atoms with Crippen molar-refractivity contribution in [1.82, 2.24) is 9.88 Å². The Kier molecular flexibility index (Phi) is 6.75. The number of nitrogens with zero attached hydrogens (tertiary/aromatic N) is 2. The Balaban J connectivity index is 1.58. The van der Waals surface area contributed by atoms with Crippen LogP contribution in [0.4, 0.5) is 5.69 Å². The maximum atomic E-state index is 6.52. The van der Waals surface area contributed by atoms with Crippen LogP contribution in [0, 0.1) is 5.92 Å². The number of nitrogen functional groups attached to an aromatic ring is 1. The number of anilines is 1. The van der Waals surface area contributed by atoms with E-state index in [2.05, 4.69) is 22.0 Å². The predicted molar refractivity (Wildman–Crippen MR) is 141 cm³/mol. The molecule has 2 heterocycles. The molecule has 6 nitrogen and oxygen atoms in total. The van der Waals surface area contributed by atoms with Crippen LogP contribution in [0.1, 0.15) is 18.4 Å². The lowest BCUT2D eigenvalue weighted by Crippen LogP contribution is -2.34. The van der Waals surface area contributed by atoms with Crippen LogP contribution >= 0.6 is 0 Å². The first kappa shape index (κ1) is 23.4. The lowest BCUT2D eigenvalue weighted by atomic mass is 9.77. The SMILES string of the molecule is COC1CCC1Cc1c(N)cnc2oc(-c3ccc(OCCN(C)C)cc3)c(-c3ccccc3)c12. The highest BCUT2D eigenvalue weighted by atomic mass is 16.5. The smallest absolute Gasteiger partial charge is 0.227 e. The van der Waals surface area contributed by atoms with Crippen LogP contribution in [0.2, 0.25) is 0 Å². The van der Waals surface area contributed by atoms with Crippen molar-refractivity contribution in [3.8, 4) is 28.2 Å². The third kappa shape index (κ3) is 4.77. The number of nitrogens with two attached hydrogens (primary N) is 1. The fourth-order valence-corrected chi connectivity index (χ4v) is 4.84. The van der Waals surface area contributed by atoms with E-state index in [9.17, 15) is 0 Å². The third-order valence-corrected chi connectivity index (χ3v) is 6.96. The molecule has 35 heavy (non-hydrogen) atoms. The summed E-state index contributed by atoms with van der Waals surface area (Å²) in [7, 11) is 5.87. The second kappa shape index (κ2) is 10.1. The molecule has 2 aromatic carbocycles. The van der Waals surface area contributed by atoms with E-state index in [1.807, 2.05) is 56.6 Å². The zero-order valence-corrected chi connectivity index (χ0v) is 20.7. The molecule has 6 heteroatoms. The van der Waals surface area contributed by atoms with Gasteiger partial charge in [0.15, 0.2) is 0 Å². The Labute approximate surface area is 206 Å². The van der Waals surface area contributed by atoms with Gasteiger partial charge in [0.2, 0.25) is 5.71 Å². The molecule has 2 N–H and O–H groups in total. The van der Waals surface area contributed by atoms with Crippen LogP contribution in [-0.4, -0.2) is 50.3 Å². The first-order valence-electron chi connectivity index (χ1n) is 12.2. The number of methoxy groups -OCH3 is 1. The topological polar surface area (TPSA) is 73.8 Å². The van der Waals surface area contributed by atoms with Gasteiger partial charge in [0.1, 0.15) is 18.1 Å². The van der Waals surface area contributed by atoms with Gasteiger partial charge in [0, 0.05) is 24.8 Å². The van der Waals surface area contributed by atoms with E-state index in [1.54, 1.807) is 13.3 Å². The number of ether oxygens (including phenoxy) is 2. The summed E-state index contributed by atoms with van der Waals surface area (Å²) in [6.45, 7) is 1.51. The monoisotopic (exact) mass is 471 g/mol. The lowest BCUT2D eigenvalue weighted by molar-refractivity contribution is -0.0155. The van der Waals surface area contributed by atoms with Gasteiger partial charge in [-0.1, -0.05) is 30.3 Å². The van der Waals surface area contributed by atoms with Crippen molar-refractivity contribution >= 4 is 16.8 Å². The van der Waals surface area contributed by atoms with Crippen molar-refractivity contribution in [2.75, 3.05) is 40.1 Å². The minimum Gasteiger partial charge on any atom is -0.492 e. The number of pyridine rings is 1. The Morgan fingerprint density at radius 2 is 1.80 bits per heavy atom. The number of aromatic nitrogens is 1. The van der Waals surface area contributed by atoms with E-state index >= 15 is 0 Å². The van der Waals surface area contributed by atoms with Gasteiger partial charge in [-0.2, -0.15) is 0 Å². The molecular weight excluding hydrogens is 438 g/mol. The molecule has 2 unspecified atom stereocenters. The summed E-state index contributed by atoms with van der Waals surface area (Å²) in [5, 5.41) is 0.999. The summed E-state index contributed by atoms with van der Waals surface area (Å²) < 4.78 is 18.0. The third-order valence-electron chi connectivity index (χ3n) is 6.96. The average Bonchev–Trinajstić information content (AvgIpc) is 3.23. The Morgan fingerprint density at radius 3 is 2.46 bits per heavy atom. The minimum atomic E-state index is 0.282. The maximum Gasteiger partial charge on any atom is 0.227 e. The summed E-state index contributed by atoms with van der Waals surface area (Å²) >= 11 is 0. The molecule has 2 aromatic heterocycles. The van der Waals surface area contributed by atoms with Gasteiger partial charge < -0.3 is 24.5 Å². The van der Waals surface area contributed by atoms with E-state index < -0.39 is 0 Å². The fraction of sp³-hybridized carbons (Fsp3) is 0.345. The van der Waals surface area contributed by atoms with E-state index in [4.69, 9.17) is 19.6 Å². The molecular formula is C29H33N3O3. The summed E-state index contributed by atoms with van der Waals surface area (Å²) in [5.41, 5.74) is 12.0. The number of fused-ring (bicyclic) bond motifs is 1. The first-order chi connectivity index (χ1) is 17.0. The van der Waals surface area contributed by atoms with Crippen molar-refractivity contribution in [2.24, 2.45) is 5.92 Å². The largest absolute Gasteiger partial charge is 0.492 e. The minimum absolute atomic E-state index is 0.282. The van der Waals surface area contributed by atoms with E-state index in [0.29, 0.717) is 23.9 Å². The van der Waals surface area contributed by atoms with Gasteiger partial charge in [-0.15, -0.1) is 0 Å². The highest BCUT2D eigenvalue weighted by Gasteiger charge is 2.33. The second-order valence-corrected chi connectivity index (χ2v) is 9.54. The molecule has 2 atom stereocenters. The second-order valence-electron chi connectivity index (χ2n) is 9.54. The van der Waals surface area contributed by atoms with Gasteiger partial charge in [-0.05, 0) is 74.7 Å². The predicted octanol–water partition coefficient (Wildman–Crippen LogP) is 5.65. The molecule has 1 saturated carbocycles. The maximum absolute atomic E-state index is 6.52. The van der Waals surface area contributed by atoms with Gasteiger partial charge in [0.05, 0.1) is 23.4 Å². The number of likely N-dealkylation sites (N-methyl/N-ethyl adjacent to an activating group) is 1. The number of furan rings is 1. The molecule has 4 aromatic rings. The molecule has 0 amide bonds. The summed E-state index contributed by atoms with van der Waals surface area (Å²) in [6, 6.07) is 18.4. The number of rotatable bonds is 9. The molecule has 1 fully saturated rings. The van der Waals surface area contributed by atoms with Crippen molar-refractivity contribution in [1.29, 1.82) is 0 Å². The molecule has 0 saturated heterocycles. The number of benzene rings is 2. The highest BCUT2D eigenvalue weighted by molar-refractivity contribution is 6.03. The highest BCUT2D eigenvalue weighted by Crippen LogP contribution is 2.45. The molecule has 0 radical (unpaired) electrons. The zero-order chi connectivity index (χ0) is 24.4. The summed E-state index contributed by atoms with van der Waals surface area (Å²) in [6.07, 6.45) is 5.09. The van der Waals surface area contributed by atoms with Gasteiger partial charge in [-0.3, -0.25) is 0 Å².